The first-order chi connectivity index (χ1) is 16.6. The highest BCUT2D eigenvalue weighted by atomic mass is 19.4. The quantitative estimate of drug-likeness (QED) is 0.333. The Morgan fingerprint density at radius 2 is 1.37 bits per heavy atom. The number of carbonyl (C=O) groups excluding carboxylic acids is 1. The first-order valence-corrected chi connectivity index (χ1v) is 10.6. The standard InChI is InChI=1S/C27H20F3NO4/c28-27(29,30)21-11-9-18(10-12-21)17-7-5-16(6-8-17)13-23(26(34)35)31-25(33)22-14-19-3-1-2-4-20(19)15-24(22)32/h1-12,14-15,23,32H,13H2,(H,31,33)(H,34,35)/t23-/m0/s1. The Labute approximate surface area is 198 Å². The second-order valence-electron chi connectivity index (χ2n) is 8.06. The largest absolute Gasteiger partial charge is 0.507 e. The summed E-state index contributed by atoms with van der Waals surface area (Å²) >= 11 is 0. The van der Waals surface area contributed by atoms with Crippen molar-refractivity contribution in [2.75, 3.05) is 0 Å². The van der Waals surface area contributed by atoms with Crippen molar-refractivity contribution in [3.8, 4) is 16.9 Å². The number of amides is 1. The fourth-order valence-electron chi connectivity index (χ4n) is 3.77. The number of benzene rings is 4. The number of nitrogens with one attached hydrogen (secondary N) is 1. The maximum Gasteiger partial charge on any atom is 0.416 e. The Balaban J connectivity index is 1.48. The highest BCUT2D eigenvalue weighted by Gasteiger charge is 2.30. The third-order valence-electron chi connectivity index (χ3n) is 5.65. The van der Waals surface area contributed by atoms with E-state index < -0.39 is 29.7 Å². The number of hydrogen-bond donors (Lipinski definition) is 3. The zero-order valence-electron chi connectivity index (χ0n) is 18.2. The molecule has 0 heterocycles. The predicted molar refractivity (Wildman–Crippen MR) is 125 cm³/mol. The third kappa shape index (κ3) is 5.43. The van der Waals surface area contributed by atoms with Crippen molar-refractivity contribution in [2.24, 2.45) is 0 Å². The van der Waals surface area contributed by atoms with E-state index >= 15 is 0 Å². The monoisotopic (exact) mass is 479 g/mol. The molecule has 0 fully saturated rings. The number of carbonyl (C=O) groups is 2. The summed E-state index contributed by atoms with van der Waals surface area (Å²) in [6.07, 6.45) is -4.44. The summed E-state index contributed by atoms with van der Waals surface area (Å²) in [5.74, 6) is -2.22. The van der Waals surface area contributed by atoms with E-state index in [1.807, 2.05) is 0 Å². The number of halogens is 3. The lowest BCUT2D eigenvalue weighted by Gasteiger charge is -2.16. The molecular weight excluding hydrogens is 459 g/mol. The van der Waals surface area contributed by atoms with Crippen molar-refractivity contribution in [3.63, 3.8) is 0 Å². The average Bonchev–Trinajstić information content (AvgIpc) is 2.83. The van der Waals surface area contributed by atoms with Crippen LogP contribution in [-0.4, -0.2) is 28.1 Å². The van der Waals surface area contributed by atoms with E-state index in [-0.39, 0.29) is 17.7 Å². The number of carboxylic acid groups (broad SMARTS) is 1. The van der Waals surface area contributed by atoms with Gasteiger partial charge in [-0.05, 0) is 51.7 Å². The maximum atomic E-state index is 12.8. The van der Waals surface area contributed by atoms with Gasteiger partial charge in [-0.15, -0.1) is 0 Å². The summed E-state index contributed by atoms with van der Waals surface area (Å²) in [6.45, 7) is 0. The normalized spacial score (nSPS) is 12.3. The Kier molecular flexibility index (Phi) is 6.46. The lowest BCUT2D eigenvalue weighted by Crippen LogP contribution is -2.42. The minimum absolute atomic E-state index is 0.0251. The molecule has 3 N–H and O–H groups in total. The summed E-state index contributed by atoms with van der Waals surface area (Å²) in [7, 11) is 0. The summed E-state index contributed by atoms with van der Waals surface area (Å²) in [4.78, 5) is 24.5. The van der Waals surface area contributed by atoms with Gasteiger partial charge in [0.1, 0.15) is 11.8 Å². The molecule has 5 nitrogen and oxygen atoms in total. The van der Waals surface area contributed by atoms with Gasteiger partial charge in [0.15, 0.2) is 0 Å². The second kappa shape index (κ2) is 9.50. The predicted octanol–water partition coefficient (Wildman–Crippen LogP) is 5.66. The van der Waals surface area contributed by atoms with Crippen molar-refractivity contribution >= 4 is 22.6 Å². The minimum atomic E-state index is -4.41. The maximum absolute atomic E-state index is 12.8. The Morgan fingerprint density at radius 3 is 1.91 bits per heavy atom. The van der Waals surface area contributed by atoms with Crippen molar-refractivity contribution < 1.29 is 33.0 Å². The Morgan fingerprint density at radius 1 is 0.829 bits per heavy atom. The van der Waals surface area contributed by atoms with Crippen LogP contribution in [0.15, 0.2) is 84.9 Å². The summed E-state index contributed by atoms with van der Waals surface area (Å²) in [5.41, 5.74) is 1.08. The van der Waals surface area contributed by atoms with Crippen molar-refractivity contribution in [1.29, 1.82) is 0 Å². The molecule has 0 bridgehead atoms. The molecule has 1 atom stereocenters. The second-order valence-corrected chi connectivity index (χ2v) is 8.06. The molecule has 0 aromatic heterocycles. The van der Waals surface area contributed by atoms with Gasteiger partial charge in [-0.2, -0.15) is 13.2 Å². The number of fused-ring (bicyclic) bond motifs is 1. The molecule has 8 heteroatoms. The van der Waals surface area contributed by atoms with E-state index in [1.54, 1.807) is 48.5 Å². The van der Waals surface area contributed by atoms with Gasteiger partial charge in [0.05, 0.1) is 11.1 Å². The first kappa shape index (κ1) is 23.8. The Bertz CT molecular complexity index is 1380. The molecule has 35 heavy (non-hydrogen) atoms. The number of aromatic hydroxyl groups is 1. The number of aliphatic carboxylic acids is 1. The zero-order chi connectivity index (χ0) is 25.2. The van der Waals surface area contributed by atoms with Crippen LogP contribution in [0.1, 0.15) is 21.5 Å². The molecule has 4 rings (SSSR count). The lowest BCUT2D eigenvalue weighted by atomic mass is 9.99. The number of phenolic OH excluding ortho intramolecular Hbond substituents is 1. The molecule has 0 aliphatic carbocycles. The van der Waals surface area contributed by atoms with Crippen molar-refractivity contribution in [3.05, 3.63) is 102 Å². The molecular formula is C27H20F3NO4. The van der Waals surface area contributed by atoms with Crippen LogP contribution in [-0.2, 0) is 17.4 Å². The molecule has 4 aromatic rings. The molecule has 0 spiro atoms. The molecule has 0 saturated carbocycles. The topological polar surface area (TPSA) is 86.6 Å². The van der Waals surface area contributed by atoms with Crippen LogP contribution in [0.3, 0.4) is 0 Å². The average molecular weight is 479 g/mol. The highest BCUT2D eigenvalue weighted by molar-refractivity contribution is 6.02. The van der Waals surface area contributed by atoms with Gasteiger partial charge >= 0.3 is 12.1 Å². The van der Waals surface area contributed by atoms with Gasteiger partial charge in [-0.3, -0.25) is 4.79 Å². The lowest BCUT2D eigenvalue weighted by molar-refractivity contribution is -0.139. The van der Waals surface area contributed by atoms with E-state index in [0.29, 0.717) is 16.7 Å². The van der Waals surface area contributed by atoms with Crippen molar-refractivity contribution in [1.82, 2.24) is 5.32 Å². The molecule has 1 amide bonds. The summed E-state index contributed by atoms with van der Waals surface area (Å²) in [5, 5.41) is 23.8. The fourth-order valence-corrected chi connectivity index (χ4v) is 3.77. The third-order valence-corrected chi connectivity index (χ3v) is 5.65. The number of alkyl halides is 3. The van der Waals surface area contributed by atoms with Crippen LogP contribution in [0, 0.1) is 0 Å². The summed E-state index contributed by atoms with van der Waals surface area (Å²) in [6, 6.07) is 20.2. The van der Waals surface area contributed by atoms with Crippen molar-refractivity contribution in [2.45, 2.75) is 18.6 Å². The molecule has 4 aromatic carbocycles. The molecule has 178 valence electrons. The van der Waals surface area contributed by atoms with Gasteiger partial charge in [-0.25, -0.2) is 4.79 Å². The minimum Gasteiger partial charge on any atom is -0.507 e. The highest BCUT2D eigenvalue weighted by Crippen LogP contribution is 2.31. The van der Waals surface area contributed by atoms with Crippen LogP contribution < -0.4 is 5.32 Å². The van der Waals surface area contributed by atoms with Crippen LogP contribution in [0.25, 0.3) is 21.9 Å². The number of phenols is 1. The van der Waals surface area contributed by atoms with E-state index in [1.165, 1.54) is 24.3 Å². The fraction of sp³-hybridized carbons (Fsp3) is 0.111. The van der Waals surface area contributed by atoms with Gasteiger partial charge in [-0.1, -0.05) is 60.7 Å². The number of rotatable bonds is 6. The SMILES string of the molecule is O=C(N[C@@H](Cc1ccc(-c2ccc(C(F)(F)F)cc2)cc1)C(=O)O)c1cc2ccccc2cc1O. The first-order valence-electron chi connectivity index (χ1n) is 10.6. The summed E-state index contributed by atoms with van der Waals surface area (Å²) < 4.78 is 38.3. The van der Waals surface area contributed by atoms with Crippen LogP contribution in [0.4, 0.5) is 13.2 Å². The smallest absolute Gasteiger partial charge is 0.416 e. The molecule has 0 aliphatic rings. The van der Waals surface area contributed by atoms with Gasteiger partial charge in [0, 0.05) is 6.42 Å². The molecule has 0 radical (unpaired) electrons. The van der Waals surface area contributed by atoms with E-state index in [9.17, 15) is 33.0 Å². The number of hydrogen-bond acceptors (Lipinski definition) is 3. The van der Waals surface area contributed by atoms with Crippen LogP contribution >= 0.6 is 0 Å². The van der Waals surface area contributed by atoms with E-state index in [0.717, 1.165) is 22.9 Å². The van der Waals surface area contributed by atoms with E-state index in [2.05, 4.69) is 5.32 Å². The molecule has 0 unspecified atom stereocenters. The number of carboxylic acids is 1. The van der Waals surface area contributed by atoms with Gasteiger partial charge in [0.2, 0.25) is 0 Å². The van der Waals surface area contributed by atoms with E-state index in [4.69, 9.17) is 0 Å². The van der Waals surface area contributed by atoms with Gasteiger partial charge in [0.25, 0.3) is 5.91 Å². The van der Waals surface area contributed by atoms with Crippen LogP contribution in [0.2, 0.25) is 0 Å². The Hall–Kier alpha value is -4.33. The van der Waals surface area contributed by atoms with Crippen LogP contribution in [0.5, 0.6) is 5.75 Å². The molecule has 0 aliphatic heterocycles. The molecule has 0 saturated heterocycles. The zero-order valence-corrected chi connectivity index (χ0v) is 18.2. The van der Waals surface area contributed by atoms with Gasteiger partial charge < -0.3 is 15.5 Å².